The van der Waals surface area contributed by atoms with E-state index in [1.807, 2.05) is 0 Å². The van der Waals surface area contributed by atoms with Crippen molar-refractivity contribution in [1.82, 2.24) is 10.2 Å². The zero-order chi connectivity index (χ0) is 20.8. The van der Waals surface area contributed by atoms with Gasteiger partial charge in [0.25, 0.3) is 0 Å². The highest BCUT2D eigenvalue weighted by Gasteiger charge is 2.20. The Morgan fingerprint density at radius 1 is 1.00 bits per heavy atom. The van der Waals surface area contributed by atoms with Crippen LogP contribution in [-0.4, -0.2) is 53.6 Å². The van der Waals surface area contributed by atoms with Gasteiger partial charge in [-0.3, -0.25) is 0 Å². The maximum atomic E-state index is 11.6. The summed E-state index contributed by atoms with van der Waals surface area (Å²) in [5.74, 6) is 0.0887. The highest BCUT2D eigenvalue weighted by molar-refractivity contribution is 7.99. The van der Waals surface area contributed by atoms with E-state index < -0.39 is 12.0 Å². The molecule has 2 N–H and O–H groups in total. The number of urea groups is 1. The van der Waals surface area contributed by atoms with Gasteiger partial charge in [0, 0.05) is 25.6 Å². The van der Waals surface area contributed by atoms with E-state index in [-0.39, 0.29) is 6.03 Å². The molecule has 0 saturated heterocycles. The first kappa shape index (κ1) is 25.3. The van der Waals surface area contributed by atoms with Gasteiger partial charge in [-0.1, -0.05) is 34.9 Å². The Hall–Kier alpha value is -1.69. The molecule has 6 heteroatoms. The van der Waals surface area contributed by atoms with Crippen LogP contribution in [0.3, 0.4) is 0 Å². The molecule has 0 radical (unpaired) electrons. The van der Waals surface area contributed by atoms with Gasteiger partial charge in [-0.2, -0.15) is 11.8 Å². The molecule has 0 aromatic heterocycles. The predicted octanol–water partition coefficient (Wildman–Crippen LogP) is 4.86. The van der Waals surface area contributed by atoms with E-state index in [2.05, 4.69) is 51.2 Å². The zero-order valence-electron chi connectivity index (χ0n) is 17.7. The van der Waals surface area contributed by atoms with Crippen LogP contribution in [0.4, 0.5) is 4.79 Å². The lowest BCUT2D eigenvalue weighted by Crippen LogP contribution is -2.46. The largest absolute Gasteiger partial charge is 0.480 e. The Labute approximate surface area is 169 Å². The minimum Gasteiger partial charge on any atom is -0.480 e. The van der Waals surface area contributed by atoms with Gasteiger partial charge in [-0.15, -0.1) is 0 Å². The van der Waals surface area contributed by atoms with Crippen molar-refractivity contribution in [3.05, 3.63) is 34.9 Å². The molecule has 0 rings (SSSR count). The fourth-order valence-electron chi connectivity index (χ4n) is 2.18. The average molecular weight is 397 g/mol. The maximum absolute atomic E-state index is 11.6. The van der Waals surface area contributed by atoms with Gasteiger partial charge in [-0.25, -0.2) is 9.59 Å². The molecule has 0 aliphatic carbocycles. The Balaban J connectivity index is 4.18. The number of carboxylic acids is 1. The van der Waals surface area contributed by atoms with Crippen LogP contribution in [0.1, 0.15) is 53.4 Å². The van der Waals surface area contributed by atoms with Gasteiger partial charge in [-0.05, 0) is 53.4 Å². The quantitative estimate of drug-likeness (QED) is 0.365. The summed E-state index contributed by atoms with van der Waals surface area (Å²) >= 11 is 1.51. The van der Waals surface area contributed by atoms with Gasteiger partial charge in [0.2, 0.25) is 0 Å². The first-order valence-electron chi connectivity index (χ1n) is 9.36. The number of amides is 2. The number of nitrogens with one attached hydrogen (secondary N) is 1. The number of allylic oxidation sites excluding steroid dienone is 5. The fraction of sp³-hybridized carbons (Fsp3) is 0.619. The zero-order valence-corrected chi connectivity index (χ0v) is 18.5. The van der Waals surface area contributed by atoms with Crippen LogP contribution in [0, 0.1) is 0 Å². The van der Waals surface area contributed by atoms with E-state index >= 15 is 0 Å². The number of thioether (sulfide) groups is 1. The summed E-state index contributed by atoms with van der Waals surface area (Å²) in [6.07, 6.45) is 11.0. The fourth-order valence-corrected chi connectivity index (χ4v) is 3.18. The lowest BCUT2D eigenvalue weighted by molar-refractivity contribution is -0.138. The topological polar surface area (TPSA) is 69.6 Å². The van der Waals surface area contributed by atoms with E-state index in [0.29, 0.717) is 5.75 Å². The summed E-state index contributed by atoms with van der Waals surface area (Å²) in [5, 5.41) is 11.7. The third-order valence-corrected chi connectivity index (χ3v) is 4.93. The number of carbonyl (C=O) groups excluding carboxylic acids is 1. The highest BCUT2D eigenvalue weighted by atomic mass is 32.2. The molecule has 0 fully saturated rings. The molecule has 0 aliphatic heterocycles. The van der Waals surface area contributed by atoms with Crippen LogP contribution in [0.25, 0.3) is 0 Å². The standard InChI is InChI=1S/C21H36N2O3S/c1-16(2)9-7-10-17(3)11-8-12-18(4)13-14-27-15-19(20(24)25)22-21(26)23(5)6/h9,11,13,19H,7-8,10,12,14-15H2,1-6H3,(H,22,26)(H,24,25). The molecule has 0 bridgehead atoms. The van der Waals surface area contributed by atoms with E-state index in [1.165, 1.54) is 33.4 Å². The second-order valence-corrected chi connectivity index (χ2v) is 8.31. The van der Waals surface area contributed by atoms with Gasteiger partial charge in [0.1, 0.15) is 6.04 Å². The van der Waals surface area contributed by atoms with Crippen LogP contribution in [0.5, 0.6) is 0 Å². The molecule has 0 saturated carbocycles. The Bertz CT molecular complexity index is 562. The molecule has 27 heavy (non-hydrogen) atoms. The molecular weight excluding hydrogens is 360 g/mol. The summed E-state index contributed by atoms with van der Waals surface area (Å²) in [4.78, 5) is 24.2. The van der Waals surface area contributed by atoms with E-state index in [4.69, 9.17) is 0 Å². The minimum atomic E-state index is -1.01. The van der Waals surface area contributed by atoms with E-state index in [0.717, 1.165) is 31.4 Å². The number of hydrogen-bond acceptors (Lipinski definition) is 3. The van der Waals surface area contributed by atoms with Crippen LogP contribution in [0.2, 0.25) is 0 Å². The van der Waals surface area contributed by atoms with Crippen molar-refractivity contribution in [2.75, 3.05) is 25.6 Å². The van der Waals surface area contributed by atoms with Crippen molar-refractivity contribution in [3.63, 3.8) is 0 Å². The van der Waals surface area contributed by atoms with E-state index in [9.17, 15) is 14.7 Å². The summed E-state index contributed by atoms with van der Waals surface area (Å²) < 4.78 is 0. The Morgan fingerprint density at radius 3 is 2.07 bits per heavy atom. The van der Waals surface area contributed by atoms with Gasteiger partial charge in [0.05, 0.1) is 0 Å². The Kier molecular flexibility index (Phi) is 13.5. The summed E-state index contributed by atoms with van der Waals surface area (Å²) in [6.45, 7) is 8.54. The molecule has 1 atom stereocenters. The molecule has 2 amide bonds. The molecule has 0 aliphatic rings. The summed E-state index contributed by atoms with van der Waals surface area (Å²) in [6, 6.07) is -1.26. The van der Waals surface area contributed by atoms with Crippen molar-refractivity contribution >= 4 is 23.8 Å². The predicted molar refractivity (Wildman–Crippen MR) is 116 cm³/mol. The number of hydrogen-bond donors (Lipinski definition) is 2. The smallest absolute Gasteiger partial charge is 0.327 e. The second-order valence-electron chi connectivity index (χ2n) is 7.23. The molecular formula is C21H36N2O3S. The number of carbonyl (C=O) groups is 2. The SMILES string of the molecule is CC(C)=CCCC(C)=CCCC(C)=CCSCC(NC(=O)N(C)C)C(=O)O. The molecule has 0 spiro atoms. The molecule has 0 aromatic carbocycles. The lowest BCUT2D eigenvalue weighted by atomic mass is 10.1. The second kappa shape index (κ2) is 14.4. The van der Waals surface area contributed by atoms with Crippen molar-refractivity contribution in [1.29, 1.82) is 0 Å². The first-order valence-corrected chi connectivity index (χ1v) is 10.5. The van der Waals surface area contributed by atoms with Crippen molar-refractivity contribution in [3.8, 4) is 0 Å². The van der Waals surface area contributed by atoms with Crippen molar-refractivity contribution in [2.45, 2.75) is 59.4 Å². The lowest BCUT2D eigenvalue weighted by Gasteiger charge is -2.17. The number of nitrogens with zero attached hydrogens (tertiary/aromatic N) is 1. The molecule has 154 valence electrons. The number of aliphatic carboxylic acids is 1. The Morgan fingerprint density at radius 2 is 1.56 bits per heavy atom. The molecule has 5 nitrogen and oxygen atoms in total. The maximum Gasteiger partial charge on any atom is 0.327 e. The van der Waals surface area contributed by atoms with Crippen LogP contribution >= 0.6 is 11.8 Å². The summed E-state index contributed by atoms with van der Waals surface area (Å²) in [5.41, 5.74) is 4.10. The highest BCUT2D eigenvalue weighted by Crippen LogP contribution is 2.13. The van der Waals surface area contributed by atoms with Crippen LogP contribution in [-0.2, 0) is 4.79 Å². The number of carboxylic acid groups (broad SMARTS) is 1. The van der Waals surface area contributed by atoms with Crippen molar-refractivity contribution < 1.29 is 14.7 Å². The first-order chi connectivity index (χ1) is 12.6. The minimum absolute atomic E-state index is 0.349. The molecule has 1 unspecified atom stereocenters. The normalized spacial score (nSPS) is 13.1. The molecule has 0 aromatic rings. The van der Waals surface area contributed by atoms with Gasteiger partial charge >= 0.3 is 12.0 Å². The molecule has 0 heterocycles. The number of rotatable bonds is 12. The van der Waals surface area contributed by atoms with Gasteiger partial charge < -0.3 is 15.3 Å². The third kappa shape index (κ3) is 14.1. The summed E-state index contributed by atoms with van der Waals surface area (Å²) in [7, 11) is 3.18. The van der Waals surface area contributed by atoms with Crippen molar-refractivity contribution in [2.24, 2.45) is 0 Å². The van der Waals surface area contributed by atoms with E-state index in [1.54, 1.807) is 14.1 Å². The van der Waals surface area contributed by atoms with Gasteiger partial charge in [0.15, 0.2) is 0 Å². The third-order valence-electron chi connectivity index (χ3n) is 3.96. The van der Waals surface area contributed by atoms with Crippen LogP contribution < -0.4 is 5.32 Å². The monoisotopic (exact) mass is 396 g/mol. The van der Waals surface area contributed by atoms with Crippen LogP contribution in [0.15, 0.2) is 34.9 Å². The average Bonchev–Trinajstić information content (AvgIpc) is 2.56.